The number of hydrogen-bond donors (Lipinski definition) is 0. The van der Waals surface area contributed by atoms with E-state index in [0.29, 0.717) is 4.83 Å². The summed E-state index contributed by atoms with van der Waals surface area (Å²) in [6.07, 6.45) is 2.67. The molecule has 0 aliphatic rings. The first kappa shape index (κ1) is 10.5. The van der Waals surface area contributed by atoms with E-state index in [9.17, 15) is 0 Å². The molecule has 0 spiro atoms. The van der Waals surface area contributed by atoms with Crippen LogP contribution in [0.2, 0.25) is 0 Å². The molecule has 0 nitrogen and oxygen atoms in total. The third kappa shape index (κ3) is 3.60. The summed E-state index contributed by atoms with van der Waals surface area (Å²) in [7, 11) is 0. The summed E-state index contributed by atoms with van der Waals surface area (Å²) in [5.74, 6) is 1.67. The molecule has 0 heterocycles. The molecule has 0 radical (unpaired) electrons. The van der Waals surface area contributed by atoms with E-state index >= 15 is 0 Å². The van der Waals surface area contributed by atoms with Crippen LogP contribution in [0.15, 0.2) is 0 Å². The van der Waals surface area contributed by atoms with E-state index in [0.717, 1.165) is 11.8 Å². The summed E-state index contributed by atoms with van der Waals surface area (Å²) in [5.41, 5.74) is 0. The molecule has 0 aliphatic heterocycles. The fraction of sp³-hybridized carbons (Fsp3) is 1.00. The molecule has 0 bridgehead atoms. The maximum atomic E-state index is 3.61. The van der Waals surface area contributed by atoms with Crippen molar-refractivity contribution in [2.45, 2.75) is 45.4 Å². The molecule has 10 heavy (non-hydrogen) atoms. The summed E-state index contributed by atoms with van der Waals surface area (Å²) in [4.78, 5) is 0.661. The highest BCUT2D eigenvalue weighted by Gasteiger charge is 2.15. The van der Waals surface area contributed by atoms with Gasteiger partial charge in [-0.05, 0) is 11.8 Å². The summed E-state index contributed by atoms with van der Waals surface area (Å²) in [6, 6.07) is 0. The molecule has 0 fully saturated rings. The van der Waals surface area contributed by atoms with Crippen molar-refractivity contribution >= 4 is 15.9 Å². The maximum Gasteiger partial charge on any atom is 0.0145 e. The lowest BCUT2D eigenvalue weighted by Gasteiger charge is -2.21. The second-order valence-corrected chi connectivity index (χ2v) is 4.75. The van der Waals surface area contributed by atoms with Gasteiger partial charge in [-0.2, -0.15) is 0 Å². The van der Waals surface area contributed by atoms with Crippen LogP contribution >= 0.6 is 15.9 Å². The van der Waals surface area contributed by atoms with E-state index < -0.39 is 0 Å². The van der Waals surface area contributed by atoms with Gasteiger partial charge < -0.3 is 0 Å². The zero-order valence-corrected chi connectivity index (χ0v) is 9.11. The van der Waals surface area contributed by atoms with Crippen molar-refractivity contribution in [1.29, 1.82) is 0 Å². The molecule has 62 valence electrons. The third-order valence-corrected chi connectivity index (χ3v) is 3.20. The van der Waals surface area contributed by atoms with Gasteiger partial charge in [-0.15, -0.1) is 0 Å². The van der Waals surface area contributed by atoms with Crippen molar-refractivity contribution in [2.75, 3.05) is 0 Å². The van der Waals surface area contributed by atoms with Crippen molar-refractivity contribution in [1.82, 2.24) is 0 Å². The lowest BCUT2D eigenvalue weighted by molar-refractivity contribution is 0.363. The Morgan fingerprint density at radius 3 is 2.00 bits per heavy atom. The molecule has 0 aromatic rings. The topological polar surface area (TPSA) is 0 Å². The second kappa shape index (κ2) is 5.17. The first-order valence-electron chi connectivity index (χ1n) is 4.23. The first-order valence-corrected chi connectivity index (χ1v) is 5.15. The molecule has 0 saturated heterocycles. The van der Waals surface area contributed by atoms with Gasteiger partial charge in [0.05, 0.1) is 0 Å². The Labute approximate surface area is 73.5 Å². The molecule has 0 aliphatic carbocycles. The average molecular weight is 207 g/mol. The fourth-order valence-electron chi connectivity index (χ4n) is 1.17. The lowest BCUT2D eigenvalue weighted by atomic mass is 9.90. The normalized spacial score (nSPS) is 20.1. The van der Waals surface area contributed by atoms with Crippen molar-refractivity contribution < 1.29 is 0 Å². The van der Waals surface area contributed by atoms with Crippen LogP contribution in [-0.2, 0) is 0 Å². The predicted molar refractivity (Wildman–Crippen MR) is 51.6 cm³/mol. The summed E-state index contributed by atoms with van der Waals surface area (Å²) < 4.78 is 0. The molecular formula is C9H19Br. The molecule has 0 saturated carbocycles. The highest BCUT2D eigenvalue weighted by molar-refractivity contribution is 9.09. The molecular weight excluding hydrogens is 188 g/mol. The second-order valence-electron chi connectivity index (χ2n) is 3.30. The minimum absolute atomic E-state index is 0.661. The van der Waals surface area contributed by atoms with Crippen LogP contribution in [0.5, 0.6) is 0 Å². The quantitative estimate of drug-likeness (QED) is 0.614. The van der Waals surface area contributed by atoms with Crippen LogP contribution in [0.25, 0.3) is 0 Å². The summed E-state index contributed by atoms with van der Waals surface area (Å²) in [5, 5.41) is 0. The van der Waals surface area contributed by atoms with Crippen molar-refractivity contribution in [3.63, 3.8) is 0 Å². The van der Waals surface area contributed by atoms with Gasteiger partial charge in [0.1, 0.15) is 0 Å². The van der Waals surface area contributed by atoms with Crippen molar-refractivity contribution in [2.24, 2.45) is 11.8 Å². The monoisotopic (exact) mass is 206 g/mol. The van der Waals surface area contributed by atoms with E-state index in [2.05, 4.69) is 43.6 Å². The van der Waals surface area contributed by atoms with Crippen LogP contribution in [0.3, 0.4) is 0 Å². The molecule has 0 rings (SSSR count). The number of alkyl halides is 1. The van der Waals surface area contributed by atoms with E-state index in [-0.39, 0.29) is 0 Å². The van der Waals surface area contributed by atoms with Gasteiger partial charge in [-0.3, -0.25) is 0 Å². The molecule has 0 N–H and O–H groups in total. The predicted octanol–water partition coefficient (Wildman–Crippen LogP) is 3.84. The van der Waals surface area contributed by atoms with E-state index in [4.69, 9.17) is 0 Å². The Bertz CT molecular complexity index is 78.8. The third-order valence-electron chi connectivity index (χ3n) is 2.37. The first-order chi connectivity index (χ1) is 4.59. The number of halogens is 1. The zero-order valence-electron chi connectivity index (χ0n) is 7.52. The highest BCUT2D eigenvalue weighted by atomic mass is 79.9. The molecule has 3 atom stereocenters. The minimum Gasteiger partial charge on any atom is -0.0891 e. The van der Waals surface area contributed by atoms with Crippen LogP contribution in [0, 0.1) is 11.8 Å². The van der Waals surface area contributed by atoms with Gasteiger partial charge >= 0.3 is 0 Å². The minimum atomic E-state index is 0.661. The smallest absolute Gasteiger partial charge is 0.0145 e. The largest absolute Gasteiger partial charge is 0.0891 e. The maximum absolute atomic E-state index is 3.61. The molecule has 0 aromatic heterocycles. The van der Waals surface area contributed by atoms with Gasteiger partial charge in [0.2, 0.25) is 0 Å². The Hall–Kier alpha value is 0.480. The molecule has 0 aromatic carbocycles. The van der Waals surface area contributed by atoms with Crippen LogP contribution in [0.1, 0.15) is 40.5 Å². The summed E-state index contributed by atoms with van der Waals surface area (Å²) in [6.45, 7) is 9.14. The number of rotatable bonds is 4. The van der Waals surface area contributed by atoms with Crippen LogP contribution in [0.4, 0.5) is 0 Å². The Morgan fingerprint density at radius 2 is 1.70 bits per heavy atom. The molecule has 0 amide bonds. The fourth-order valence-corrected chi connectivity index (χ4v) is 1.69. The van der Waals surface area contributed by atoms with Gasteiger partial charge in [0.15, 0.2) is 0 Å². The lowest BCUT2D eigenvalue weighted by Crippen LogP contribution is -2.15. The number of hydrogen-bond acceptors (Lipinski definition) is 0. The van der Waals surface area contributed by atoms with E-state index in [1.54, 1.807) is 0 Å². The standard InChI is InChI=1S/C9H19Br/c1-5-6-7(2)8(3)9(4)10/h7-9H,5-6H2,1-4H3. The molecule has 3 unspecified atom stereocenters. The van der Waals surface area contributed by atoms with Crippen LogP contribution in [-0.4, -0.2) is 4.83 Å². The Balaban J connectivity index is 3.58. The highest BCUT2D eigenvalue weighted by Crippen LogP contribution is 2.23. The van der Waals surface area contributed by atoms with Gasteiger partial charge in [0.25, 0.3) is 0 Å². The van der Waals surface area contributed by atoms with Crippen molar-refractivity contribution in [3.8, 4) is 0 Å². The summed E-state index contributed by atoms with van der Waals surface area (Å²) >= 11 is 3.61. The van der Waals surface area contributed by atoms with Gasteiger partial charge in [-0.1, -0.05) is 56.5 Å². The van der Waals surface area contributed by atoms with Crippen molar-refractivity contribution in [3.05, 3.63) is 0 Å². The molecule has 1 heteroatoms. The Morgan fingerprint density at radius 1 is 1.20 bits per heavy atom. The SMILES string of the molecule is CCCC(C)C(C)C(C)Br. The van der Waals surface area contributed by atoms with E-state index in [1.807, 2.05) is 0 Å². The van der Waals surface area contributed by atoms with Gasteiger partial charge in [0, 0.05) is 4.83 Å². The van der Waals surface area contributed by atoms with E-state index in [1.165, 1.54) is 12.8 Å². The zero-order chi connectivity index (χ0) is 8.15. The Kier molecular flexibility index (Phi) is 5.42. The van der Waals surface area contributed by atoms with Gasteiger partial charge in [-0.25, -0.2) is 0 Å². The van der Waals surface area contributed by atoms with Crippen LogP contribution < -0.4 is 0 Å². The average Bonchev–Trinajstić information content (AvgIpc) is 1.87.